The highest BCUT2D eigenvalue weighted by Gasteiger charge is 2.34. The molecule has 1 aliphatic rings. The van der Waals surface area contributed by atoms with E-state index in [1.54, 1.807) is 24.3 Å². The number of nitrogens with one attached hydrogen (secondary N) is 1. The Kier molecular flexibility index (Phi) is 5.52. The maximum atomic E-state index is 12.3. The number of hydrogen-bond acceptors (Lipinski definition) is 3. The maximum Gasteiger partial charge on any atom is 0.261 e. The molecule has 0 aromatic heterocycles. The van der Waals surface area contributed by atoms with Crippen molar-refractivity contribution >= 4 is 33.7 Å². The van der Waals surface area contributed by atoms with Crippen LogP contribution in [0, 0.1) is 0 Å². The van der Waals surface area contributed by atoms with Crippen LogP contribution >= 0.6 is 15.9 Å². The summed E-state index contributed by atoms with van der Waals surface area (Å²) in [6.07, 6.45) is 0.683. The molecule has 0 saturated carbocycles. The van der Waals surface area contributed by atoms with Crippen LogP contribution in [0.4, 0.5) is 0 Å². The molecule has 0 aliphatic carbocycles. The number of benzene rings is 2. The van der Waals surface area contributed by atoms with Crippen molar-refractivity contribution in [2.75, 3.05) is 6.54 Å². The second-order valence-electron chi connectivity index (χ2n) is 6.22. The number of nitrogens with zero attached hydrogens (tertiary/aromatic N) is 1. The number of carbonyl (C=O) groups is 3. The first kappa shape index (κ1) is 18.3. The molecule has 0 fully saturated rings. The fraction of sp³-hybridized carbons (Fsp3) is 0.250. The zero-order chi connectivity index (χ0) is 18.7. The summed E-state index contributed by atoms with van der Waals surface area (Å²) < 4.78 is 0.943. The van der Waals surface area contributed by atoms with Crippen molar-refractivity contribution in [2.24, 2.45) is 0 Å². The molecule has 26 heavy (non-hydrogen) atoms. The van der Waals surface area contributed by atoms with Crippen molar-refractivity contribution in [2.45, 2.75) is 25.8 Å². The van der Waals surface area contributed by atoms with Crippen molar-refractivity contribution in [3.05, 3.63) is 69.7 Å². The van der Waals surface area contributed by atoms with E-state index >= 15 is 0 Å². The van der Waals surface area contributed by atoms with Crippen molar-refractivity contribution in [3.8, 4) is 0 Å². The van der Waals surface area contributed by atoms with E-state index in [1.807, 2.05) is 31.2 Å². The summed E-state index contributed by atoms with van der Waals surface area (Å²) in [5.74, 6) is -0.676. The monoisotopic (exact) mass is 414 g/mol. The second-order valence-corrected chi connectivity index (χ2v) is 7.08. The molecule has 0 radical (unpaired) electrons. The van der Waals surface area contributed by atoms with Crippen LogP contribution in [0.25, 0.3) is 0 Å². The topological polar surface area (TPSA) is 66.5 Å². The van der Waals surface area contributed by atoms with Crippen LogP contribution < -0.4 is 5.32 Å². The highest BCUT2D eigenvalue weighted by atomic mass is 79.9. The summed E-state index contributed by atoms with van der Waals surface area (Å²) >= 11 is 3.48. The molecule has 1 aliphatic heterocycles. The van der Waals surface area contributed by atoms with Crippen LogP contribution in [0.2, 0.25) is 0 Å². The molecule has 134 valence electrons. The van der Waals surface area contributed by atoms with Crippen molar-refractivity contribution < 1.29 is 14.4 Å². The van der Waals surface area contributed by atoms with Crippen LogP contribution in [0.3, 0.4) is 0 Å². The van der Waals surface area contributed by atoms with Gasteiger partial charge in [-0.15, -0.1) is 0 Å². The SMILES string of the molecule is CC(NC(=O)CCCN1C(=O)c2ccccc2C1=O)c1ccccc1Br. The molecule has 1 unspecified atom stereocenters. The Morgan fingerprint density at radius 3 is 2.23 bits per heavy atom. The number of rotatable bonds is 6. The van der Waals surface area contributed by atoms with Gasteiger partial charge in [0, 0.05) is 17.4 Å². The van der Waals surface area contributed by atoms with Gasteiger partial charge < -0.3 is 5.32 Å². The summed E-state index contributed by atoms with van der Waals surface area (Å²) in [5.41, 5.74) is 1.87. The minimum atomic E-state index is -0.285. The summed E-state index contributed by atoms with van der Waals surface area (Å²) in [5, 5.41) is 2.94. The molecular weight excluding hydrogens is 396 g/mol. The van der Waals surface area contributed by atoms with Gasteiger partial charge in [-0.05, 0) is 37.1 Å². The van der Waals surface area contributed by atoms with E-state index in [4.69, 9.17) is 0 Å². The third kappa shape index (κ3) is 3.70. The van der Waals surface area contributed by atoms with E-state index < -0.39 is 0 Å². The molecule has 5 nitrogen and oxygen atoms in total. The minimum absolute atomic E-state index is 0.107. The van der Waals surface area contributed by atoms with Gasteiger partial charge in [0.15, 0.2) is 0 Å². The van der Waals surface area contributed by atoms with E-state index in [0.717, 1.165) is 10.0 Å². The first-order valence-electron chi connectivity index (χ1n) is 8.48. The third-order valence-electron chi connectivity index (χ3n) is 4.41. The highest BCUT2D eigenvalue weighted by Crippen LogP contribution is 2.24. The number of carbonyl (C=O) groups excluding carboxylic acids is 3. The normalized spacial score (nSPS) is 14.3. The standard InChI is InChI=1S/C20H19BrN2O3/c1-13(14-7-4-5-10-17(14)21)22-18(24)11-6-12-23-19(25)15-8-2-3-9-16(15)20(23)26/h2-5,7-10,13H,6,11-12H2,1H3,(H,22,24). The number of halogens is 1. The molecule has 0 saturated heterocycles. The Hall–Kier alpha value is -2.47. The molecule has 2 aromatic carbocycles. The average Bonchev–Trinajstić information content (AvgIpc) is 2.87. The lowest BCUT2D eigenvalue weighted by atomic mass is 10.1. The maximum absolute atomic E-state index is 12.3. The highest BCUT2D eigenvalue weighted by molar-refractivity contribution is 9.10. The lowest BCUT2D eigenvalue weighted by Gasteiger charge is -2.17. The Morgan fingerprint density at radius 2 is 1.62 bits per heavy atom. The fourth-order valence-corrected chi connectivity index (χ4v) is 3.69. The van der Waals surface area contributed by atoms with Gasteiger partial charge in [0.2, 0.25) is 5.91 Å². The Balaban J connectivity index is 1.51. The van der Waals surface area contributed by atoms with E-state index in [9.17, 15) is 14.4 Å². The van der Waals surface area contributed by atoms with Gasteiger partial charge in [-0.3, -0.25) is 19.3 Å². The zero-order valence-corrected chi connectivity index (χ0v) is 16.0. The molecule has 0 bridgehead atoms. The fourth-order valence-electron chi connectivity index (χ4n) is 3.06. The van der Waals surface area contributed by atoms with Gasteiger partial charge in [-0.25, -0.2) is 0 Å². The number of imide groups is 1. The number of fused-ring (bicyclic) bond motifs is 1. The van der Waals surface area contributed by atoms with E-state index in [2.05, 4.69) is 21.2 Å². The van der Waals surface area contributed by atoms with Crippen molar-refractivity contribution in [1.82, 2.24) is 10.2 Å². The smallest absolute Gasteiger partial charge is 0.261 e. The van der Waals surface area contributed by atoms with Crippen molar-refractivity contribution in [3.63, 3.8) is 0 Å². The summed E-state index contributed by atoms with van der Waals surface area (Å²) in [7, 11) is 0. The lowest BCUT2D eigenvalue weighted by Crippen LogP contribution is -2.32. The van der Waals surface area contributed by atoms with E-state index in [0.29, 0.717) is 17.5 Å². The Bertz CT molecular complexity index is 831. The van der Waals surface area contributed by atoms with Gasteiger partial charge in [0.1, 0.15) is 0 Å². The molecular formula is C20H19BrN2O3. The summed E-state index contributed by atoms with van der Waals surface area (Å²) in [6.45, 7) is 2.16. The Labute approximate surface area is 160 Å². The third-order valence-corrected chi connectivity index (χ3v) is 5.14. The van der Waals surface area contributed by atoms with Crippen LogP contribution in [-0.4, -0.2) is 29.2 Å². The van der Waals surface area contributed by atoms with Crippen LogP contribution in [0.1, 0.15) is 52.1 Å². The molecule has 6 heteroatoms. The van der Waals surface area contributed by atoms with Gasteiger partial charge in [0.25, 0.3) is 11.8 Å². The minimum Gasteiger partial charge on any atom is -0.350 e. The summed E-state index contributed by atoms with van der Waals surface area (Å²) in [6, 6.07) is 14.4. The summed E-state index contributed by atoms with van der Waals surface area (Å²) in [4.78, 5) is 38.0. The number of amides is 3. The second kappa shape index (κ2) is 7.83. The Morgan fingerprint density at radius 1 is 1.04 bits per heavy atom. The molecule has 0 spiro atoms. The first-order valence-corrected chi connectivity index (χ1v) is 9.27. The predicted molar refractivity (Wildman–Crippen MR) is 102 cm³/mol. The molecule has 1 atom stereocenters. The van der Waals surface area contributed by atoms with E-state index in [1.165, 1.54) is 4.90 Å². The molecule has 2 aromatic rings. The largest absolute Gasteiger partial charge is 0.350 e. The van der Waals surface area contributed by atoms with Crippen LogP contribution in [0.5, 0.6) is 0 Å². The predicted octanol–water partition coefficient (Wildman–Crippen LogP) is 3.70. The quantitative estimate of drug-likeness (QED) is 0.732. The molecule has 1 N–H and O–H groups in total. The van der Waals surface area contributed by atoms with Gasteiger partial charge in [0.05, 0.1) is 17.2 Å². The molecule has 1 heterocycles. The van der Waals surface area contributed by atoms with Crippen LogP contribution in [0.15, 0.2) is 53.0 Å². The van der Waals surface area contributed by atoms with Gasteiger partial charge in [-0.2, -0.15) is 0 Å². The van der Waals surface area contributed by atoms with Gasteiger partial charge >= 0.3 is 0 Å². The van der Waals surface area contributed by atoms with Crippen molar-refractivity contribution in [1.29, 1.82) is 0 Å². The first-order chi connectivity index (χ1) is 12.5. The molecule has 3 amide bonds. The zero-order valence-electron chi connectivity index (χ0n) is 14.4. The number of hydrogen-bond donors (Lipinski definition) is 1. The molecule has 3 rings (SSSR count). The lowest BCUT2D eigenvalue weighted by molar-refractivity contribution is -0.121. The van der Waals surface area contributed by atoms with E-state index in [-0.39, 0.29) is 36.7 Å². The van der Waals surface area contributed by atoms with Crippen LogP contribution in [-0.2, 0) is 4.79 Å². The average molecular weight is 415 g/mol. The van der Waals surface area contributed by atoms with Gasteiger partial charge in [-0.1, -0.05) is 46.3 Å².